The zero-order valence-corrected chi connectivity index (χ0v) is 12.5. The Labute approximate surface area is 131 Å². The molecule has 0 aliphatic carbocycles. The second-order valence-electron chi connectivity index (χ2n) is 4.85. The smallest absolute Gasteiger partial charge is 0.286 e. The van der Waals surface area contributed by atoms with Crippen LogP contribution in [-0.2, 0) is 6.54 Å². The minimum atomic E-state index is -0.552. The van der Waals surface area contributed by atoms with Gasteiger partial charge in [-0.05, 0) is 24.6 Å². The van der Waals surface area contributed by atoms with Gasteiger partial charge in [0, 0.05) is 17.6 Å². The van der Waals surface area contributed by atoms with Gasteiger partial charge in [-0.2, -0.15) is 0 Å². The number of aromatic nitrogens is 3. The molecule has 1 aromatic carbocycles. The summed E-state index contributed by atoms with van der Waals surface area (Å²) in [6.45, 7) is 2.30. The van der Waals surface area contributed by atoms with Gasteiger partial charge < -0.3 is 10.5 Å². The fraction of sp³-hybridized carbons (Fsp3) is 0.133. The van der Waals surface area contributed by atoms with Crippen LogP contribution in [0.2, 0.25) is 5.02 Å². The van der Waals surface area contributed by atoms with Crippen LogP contribution in [0.5, 0.6) is 0 Å². The average molecular weight is 317 g/mol. The van der Waals surface area contributed by atoms with Crippen LogP contribution in [0, 0.1) is 6.92 Å². The van der Waals surface area contributed by atoms with E-state index in [9.17, 15) is 10.0 Å². The normalized spacial score (nSPS) is 10.8. The first-order valence-electron chi connectivity index (χ1n) is 6.61. The molecule has 0 atom stereocenters. The van der Waals surface area contributed by atoms with Gasteiger partial charge in [0.15, 0.2) is 5.65 Å². The van der Waals surface area contributed by atoms with Gasteiger partial charge in [0.2, 0.25) is 0 Å². The van der Waals surface area contributed by atoms with E-state index in [1.807, 2.05) is 12.1 Å². The van der Waals surface area contributed by atoms with Crippen molar-refractivity contribution in [3.63, 3.8) is 0 Å². The molecule has 112 valence electrons. The molecule has 6 nitrogen and oxygen atoms in total. The number of benzene rings is 1. The zero-order chi connectivity index (χ0) is 15.7. The highest BCUT2D eigenvalue weighted by Gasteiger charge is 2.12. The molecule has 0 fully saturated rings. The number of rotatable bonds is 3. The lowest BCUT2D eigenvalue weighted by molar-refractivity contribution is 0.186. The fourth-order valence-electron chi connectivity index (χ4n) is 2.24. The summed E-state index contributed by atoms with van der Waals surface area (Å²) in [6.07, 6.45) is 1.31. The maximum Gasteiger partial charge on any atom is 0.286 e. The Balaban J connectivity index is 2.01. The van der Waals surface area contributed by atoms with Crippen LogP contribution in [0.4, 0.5) is 5.69 Å². The number of pyridine rings is 1. The highest BCUT2D eigenvalue weighted by molar-refractivity contribution is 6.30. The third kappa shape index (κ3) is 2.60. The van der Waals surface area contributed by atoms with E-state index in [1.54, 1.807) is 19.1 Å². The molecule has 0 amide bonds. The molecule has 2 heterocycles. The van der Waals surface area contributed by atoms with Gasteiger partial charge in [-0.15, -0.1) is 4.73 Å². The van der Waals surface area contributed by atoms with Crippen LogP contribution in [0.25, 0.3) is 11.0 Å². The molecule has 0 saturated heterocycles. The first-order valence-corrected chi connectivity index (χ1v) is 6.99. The van der Waals surface area contributed by atoms with Gasteiger partial charge in [0.1, 0.15) is 6.33 Å². The van der Waals surface area contributed by atoms with Crippen molar-refractivity contribution in [3.8, 4) is 0 Å². The van der Waals surface area contributed by atoms with Crippen molar-refractivity contribution in [1.29, 1.82) is 0 Å². The second kappa shape index (κ2) is 5.65. The molecule has 0 saturated carbocycles. The van der Waals surface area contributed by atoms with Crippen molar-refractivity contribution in [2.45, 2.75) is 13.5 Å². The maximum absolute atomic E-state index is 11.8. The third-order valence-corrected chi connectivity index (χ3v) is 3.61. The molecular weight excluding hydrogens is 304 g/mol. The first kappa shape index (κ1) is 14.3. The predicted molar refractivity (Wildman–Crippen MR) is 84.5 cm³/mol. The van der Waals surface area contributed by atoms with Gasteiger partial charge in [0.25, 0.3) is 5.56 Å². The van der Waals surface area contributed by atoms with Gasteiger partial charge in [-0.1, -0.05) is 23.7 Å². The van der Waals surface area contributed by atoms with Crippen LogP contribution < -0.4 is 10.9 Å². The fourth-order valence-corrected chi connectivity index (χ4v) is 2.36. The summed E-state index contributed by atoms with van der Waals surface area (Å²) >= 11 is 5.86. The Morgan fingerprint density at radius 3 is 2.73 bits per heavy atom. The van der Waals surface area contributed by atoms with Crippen molar-refractivity contribution < 1.29 is 5.21 Å². The Hall–Kier alpha value is -2.60. The molecule has 7 heteroatoms. The summed E-state index contributed by atoms with van der Waals surface area (Å²) < 4.78 is 0.525. The summed E-state index contributed by atoms with van der Waals surface area (Å²) in [5.74, 6) is 0. The van der Waals surface area contributed by atoms with Crippen molar-refractivity contribution >= 4 is 28.3 Å². The van der Waals surface area contributed by atoms with Crippen molar-refractivity contribution in [3.05, 3.63) is 63.3 Å². The Bertz CT molecular complexity index is 890. The number of nitrogens with one attached hydrogen (secondary N) is 1. The van der Waals surface area contributed by atoms with E-state index >= 15 is 0 Å². The summed E-state index contributed by atoms with van der Waals surface area (Å²) in [4.78, 5) is 19.9. The zero-order valence-electron chi connectivity index (χ0n) is 11.7. The van der Waals surface area contributed by atoms with Crippen molar-refractivity contribution in [1.82, 2.24) is 14.7 Å². The average Bonchev–Trinajstić information content (AvgIpc) is 2.51. The number of fused-ring (bicyclic) bond motifs is 1. The van der Waals surface area contributed by atoms with Gasteiger partial charge >= 0.3 is 0 Å². The van der Waals surface area contributed by atoms with Crippen LogP contribution >= 0.6 is 11.6 Å². The molecule has 22 heavy (non-hydrogen) atoms. The number of anilines is 1. The quantitative estimate of drug-likeness (QED) is 0.726. The summed E-state index contributed by atoms with van der Waals surface area (Å²) in [5.41, 5.74) is 1.90. The van der Waals surface area contributed by atoms with Crippen molar-refractivity contribution in [2.75, 3.05) is 5.32 Å². The number of hydrogen-bond donors (Lipinski definition) is 2. The lowest BCUT2D eigenvalue weighted by atomic mass is 10.2. The lowest BCUT2D eigenvalue weighted by Crippen LogP contribution is -2.20. The van der Waals surface area contributed by atoms with Gasteiger partial charge in [-0.25, -0.2) is 9.97 Å². The largest absolute Gasteiger partial charge is 0.423 e. The topological polar surface area (TPSA) is 80.0 Å². The minimum absolute atomic E-state index is 0.179. The van der Waals surface area contributed by atoms with E-state index in [2.05, 4.69) is 15.3 Å². The number of aryl methyl sites for hydroxylation is 1. The molecule has 0 unspecified atom stereocenters. The molecule has 2 N–H and O–H groups in total. The minimum Gasteiger partial charge on any atom is -0.423 e. The molecule has 0 aliphatic rings. The Kier molecular flexibility index (Phi) is 3.68. The van der Waals surface area contributed by atoms with Crippen LogP contribution in [-0.4, -0.2) is 19.9 Å². The van der Waals surface area contributed by atoms with Crippen LogP contribution in [0.15, 0.2) is 41.5 Å². The molecule has 0 spiro atoms. The van der Waals surface area contributed by atoms with Crippen LogP contribution in [0.3, 0.4) is 0 Å². The van der Waals surface area contributed by atoms with E-state index in [4.69, 9.17) is 11.6 Å². The molecule has 3 aromatic rings. The SMILES string of the molecule is Cc1ncnc2c1c(NCc1ccc(Cl)cc1)cc(=O)n2O. The lowest BCUT2D eigenvalue weighted by Gasteiger charge is -2.12. The molecule has 3 rings (SSSR count). The van der Waals surface area contributed by atoms with Crippen molar-refractivity contribution in [2.24, 2.45) is 0 Å². The summed E-state index contributed by atoms with van der Waals surface area (Å²) in [5, 5.41) is 14.3. The third-order valence-electron chi connectivity index (χ3n) is 3.36. The van der Waals surface area contributed by atoms with E-state index in [1.165, 1.54) is 12.4 Å². The summed E-state index contributed by atoms with van der Waals surface area (Å²) in [7, 11) is 0. The Morgan fingerprint density at radius 2 is 2.00 bits per heavy atom. The molecule has 2 aromatic heterocycles. The molecule has 0 radical (unpaired) electrons. The maximum atomic E-state index is 11.8. The Morgan fingerprint density at radius 1 is 1.27 bits per heavy atom. The van der Waals surface area contributed by atoms with Crippen LogP contribution in [0.1, 0.15) is 11.3 Å². The highest BCUT2D eigenvalue weighted by Crippen LogP contribution is 2.22. The number of nitrogens with zero attached hydrogens (tertiary/aromatic N) is 3. The monoisotopic (exact) mass is 316 g/mol. The molecular formula is C15H13ClN4O2. The highest BCUT2D eigenvalue weighted by atomic mass is 35.5. The first-order chi connectivity index (χ1) is 10.6. The van der Waals surface area contributed by atoms with Gasteiger partial charge in [0.05, 0.1) is 16.8 Å². The predicted octanol–water partition coefficient (Wildman–Crippen LogP) is 2.60. The van der Waals surface area contributed by atoms with E-state index in [0.29, 0.717) is 33.1 Å². The summed E-state index contributed by atoms with van der Waals surface area (Å²) in [6, 6.07) is 8.73. The number of halogens is 1. The standard InChI is InChI=1S/C15H13ClN4O2/c1-9-14-12(17-7-10-2-4-11(16)5-3-10)6-13(21)20(22)15(14)19-8-18-9/h2-6,8,17,22H,7H2,1H3. The second-order valence-corrected chi connectivity index (χ2v) is 5.28. The van der Waals surface area contributed by atoms with Gasteiger partial charge in [-0.3, -0.25) is 4.79 Å². The van der Waals surface area contributed by atoms with E-state index < -0.39 is 5.56 Å². The number of hydrogen-bond acceptors (Lipinski definition) is 5. The molecule has 0 aliphatic heterocycles. The molecule has 0 bridgehead atoms. The van der Waals surface area contributed by atoms with E-state index in [0.717, 1.165) is 5.56 Å². The van der Waals surface area contributed by atoms with E-state index in [-0.39, 0.29) is 5.65 Å².